The van der Waals surface area contributed by atoms with Gasteiger partial charge in [0.2, 0.25) is 5.88 Å². The van der Waals surface area contributed by atoms with Crippen molar-refractivity contribution in [2.45, 2.75) is 32.8 Å². The molecule has 2 aliphatic heterocycles. The minimum Gasteiger partial charge on any atom is -0.472 e. The molecule has 2 aliphatic rings. The summed E-state index contributed by atoms with van der Waals surface area (Å²) < 4.78 is 11.5. The normalized spacial score (nSPS) is 19.9. The largest absolute Gasteiger partial charge is 0.472 e. The van der Waals surface area contributed by atoms with E-state index in [1.54, 1.807) is 0 Å². The summed E-state index contributed by atoms with van der Waals surface area (Å²) >= 11 is 0. The number of aryl methyl sites for hydroxylation is 2. The van der Waals surface area contributed by atoms with Gasteiger partial charge in [-0.3, -0.25) is 4.79 Å². The molecule has 3 heterocycles. The lowest BCUT2D eigenvalue weighted by atomic mass is 10.1. The molecule has 2 fully saturated rings. The molecule has 2 saturated heterocycles. The van der Waals surface area contributed by atoms with Gasteiger partial charge in [0.05, 0.1) is 19.8 Å². The van der Waals surface area contributed by atoms with Crippen molar-refractivity contribution in [3.8, 4) is 5.88 Å². The highest BCUT2D eigenvalue weighted by atomic mass is 16.5. The number of amides is 1. The lowest BCUT2D eigenvalue weighted by Crippen LogP contribution is -2.44. The van der Waals surface area contributed by atoms with Gasteiger partial charge < -0.3 is 19.3 Å². The first-order valence-corrected chi connectivity index (χ1v) is 10.3. The lowest BCUT2D eigenvalue weighted by molar-refractivity contribution is 0.0527. The van der Waals surface area contributed by atoms with Gasteiger partial charge in [-0.05, 0) is 51.0 Å². The van der Waals surface area contributed by atoms with Crippen LogP contribution in [0.25, 0.3) is 0 Å². The van der Waals surface area contributed by atoms with Crippen LogP contribution in [0.5, 0.6) is 5.88 Å². The highest BCUT2D eigenvalue weighted by Gasteiger charge is 2.26. The van der Waals surface area contributed by atoms with Gasteiger partial charge in [0.15, 0.2) is 0 Å². The number of anilines is 1. The number of nitrogens with zero attached hydrogens (tertiary/aromatic N) is 4. The first-order valence-electron chi connectivity index (χ1n) is 10.3. The van der Waals surface area contributed by atoms with E-state index >= 15 is 0 Å². The van der Waals surface area contributed by atoms with Crippen LogP contribution in [0, 0.1) is 13.8 Å². The van der Waals surface area contributed by atoms with Gasteiger partial charge in [0.1, 0.15) is 11.9 Å². The van der Waals surface area contributed by atoms with Gasteiger partial charge in [-0.1, -0.05) is 0 Å². The molecular weight excluding hydrogens is 368 g/mol. The minimum absolute atomic E-state index is 0.0472. The lowest BCUT2D eigenvalue weighted by Gasteiger charge is -2.33. The third-order valence-electron chi connectivity index (χ3n) is 5.39. The Balaban J connectivity index is 1.39. The van der Waals surface area contributed by atoms with Crippen LogP contribution in [0.1, 0.15) is 34.7 Å². The summed E-state index contributed by atoms with van der Waals surface area (Å²) in [6.07, 6.45) is 1.79. The average molecular weight is 396 g/mol. The van der Waals surface area contributed by atoms with Gasteiger partial charge in [-0.25, -0.2) is 4.98 Å². The molecular formula is C22H28N4O3. The second-order valence-corrected chi connectivity index (χ2v) is 7.67. The monoisotopic (exact) mass is 396 g/mol. The molecule has 0 aliphatic carbocycles. The number of hydrogen-bond acceptors (Lipinski definition) is 6. The summed E-state index contributed by atoms with van der Waals surface area (Å²) in [7, 11) is 0. The second kappa shape index (κ2) is 8.78. The molecule has 2 aromatic rings. The Bertz CT molecular complexity index is 829. The van der Waals surface area contributed by atoms with E-state index in [4.69, 9.17) is 9.47 Å². The van der Waals surface area contributed by atoms with Crippen LogP contribution in [-0.4, -0.2) is 66.3 Å². The van der Waals surface area contributed by atoms with Crippen LogP contribution >= 0.6 is 0 Å². The van der Waals surface area contributed by atoms with E-state index < -0.39 is 0 Å². The number of morpholine rings is 1. The molecule has 1 aromatic carbocycles. The van der Waals surface area contributed by atoms with Crippen molar-refractivity contribution in [1.29, 1.82) is 0 Å². The van der Waals surface area contributed by atoms with Crippen LogP contribution in [0.4, 0.5) is 5.69 Å². The third kappa shape index (κ3) is 4.85. The molecule has 0 bridgehead atoms. The molecule has 0 radical (unpaired) electrons. The van der Waals surface area contributed by atoms with E-state index in [0.717, 1.165) is 62.6 Å². The zero-order valence-electron chi connectivity index (χ0n) is 17.1. The fraction of sp³-hybridized carbons (Fsp3) is 0.500. The minimum atomic E-state index is -0.0472. The van der Waals surface area contributed by atoms with Gasteiger partial charge in [0, 0.05) is 42.6 Å². The van der Waals surface area contributed by atoms with Crippen LogP contribution < -0.4 is 9.64 Å². The summed E-state index contributed by atoms with van der Waals surface area (Å²) in [5.41, 5.74) is 2.74. The molecule has 0 unspecified atom stereocenters. The van der Waals surface area contributed by atoms with Crippen LogP contribution in [-0.2, 0) is 4.74 Å². The summed E-state index contributed by atoms with van der Waals surface area (Å²) in [6.45, 7) is 8.40. The highest BCUT2D eigenvalue weighted by molar-refractivity contribution is 5.94. The summed E-state index contributed by atoms with van der Waals surface area (Å²) in [4.78, 5) is 25.8. The molecule has 1 atom stereocenters. The molecule has 0 spiro atoms. The SMILES string of the molecule is Cc1cc(O[C@@H]2CCCN(C(=O)c3ccc(N4CCOCC4)cc3)C2)nc(C)n1. The zero-order valence-corrected chi connectivity index (χ0v) is 17.1. The Kier molecular flexibility index (Phi) is 5.94. The molecule has 1 amide bonds. The number of piperidine rings is 1. The number of rotatable bonds is 4. The Hall–Kier alpha value is -2.67. The Morgan fingerprint density at radius 3 is 2.59 bits per heavy atom. The van der Waals surface area contributed by atoms with Gasteiger partial charge >= 0.3 is 0 Å². The number of carbonyl (C=O) groups is 1. The number of likely N-dealkylation sites (tertiary alicyclic amines) is 1. The predicted molar refractivity (Wildman–Crippen MR) is 111 cm³/mol. The Morgan fingerprint density at radius 1 is 1.10 bits per heavy atom. The van der Waals surface area contributed by atoms with Gasteiger partial charge in [0.25, 0.3) is 5.91 Å². The van der Waals surface area contributed by atoms with Crippen molar-refractivity contribution in [3.05, 3.63) is 47.4 Å². The molecule has 4 rings (SSSR count). The van der Waals surface area contributed by atoms with E-state index in [0.29, 0.717) is 18.2 Å². The van der Waals surface area contributed by atoms with E-state index in [9.17, 15) is 4.79 Å². The van der Waals surface area contributed by atoms with Crippen molar-refractivity contribution in [1.82, 2.24) is 14.9 Å². The maximum absolute atomic E-state index is 13.0. The predicted octanol–water partition coefficient (Wildman–Crippen LogP) is 2.61. The molecule has 7 nitrogen and oxygen atoms in total. The second-order valence-electron chi connectivity index (χ2n) is 7.67. The van der Waals surface area contributed by atoms with Crippen molar-refractivity contribution in [2.75, 3.05) is 44.3 Å². The quantitative estimate of drug-likeness (QED) is 0.791. The van der Waals surface area contributed by atoms with Crippen LogP contribution in [0.3, 0.4) is 0 Å². The fourth-order valence-corrected chi connectivity index (χ4v) is 3.95. The van der Waals surface area contributed by atoms with Crippen LogP contribution in [0.15, 0.2) is 30.3 Å². The van der Waals surface area contributed by atoms with Crippen molar-refractivity contribution < 1.29 is 14.3 Å². The van der Waals surface area contributed by atoms with E-state index in [2.05, 4.69) is 14.9 Å². The number of ether oxygens (including phenoxy) is 2. The number of benzene rings is 1. The fourth-order valence-electron chi connectivity index (χ4n) is 3.95. The number of aromatic nitrogens is 2. The smallest absolute Gasteiger partial charge is 0.253 e. The number of carbonyl (C=O) groups excluding carboxylic acids is 1. The average Bonchev–Trinajstić information content (AvgIpc) is 2.73. The zero-order chi connectivity index (χ0) is 20.2. The van der Waals surface area contributed by atoms with Crippen molar-refractivity contribution >= 4 is 11.6 Å². The molecule has 154 valence electrons. The standard InChI is InChI=1S/C22H28N4O3/c1-16-14-21(24-17(2)23-16)29-20-4-3-9-26(15-20)22(27)18-5-7-19(8-6-18)25-10-12-28-13-11-25/h5-8,14,20H,3-4,9-13,15H2,1-2H3/t20-/m1/s1. The molecule has 1 aromatic heterocycles. The van der Waals surface area contributed by atoms with Crippen molar-refractivity contribution in [2.24, 2.45) is 0 Å². The summed E-state index contributed by atoms with van der Waals surface area (Å²) in [6, 6.07) is 9.76. The Morgan fingerprint density at radius 2 is 1.86 bits per heavy atom. The topological polar surface area (TPSA) is 67.8 Å². The highest BCUT2D eigenvalue weighted by Crippen LogP contribution is 2.21. The van der Waals surface area contributed by atoms with Crippen molar-refractivity contribution in [3.63, 3.8) is 0 Å². The molecule has 0 saturated carbocycles. The van der Waals surface area contributed by atoms with E-state index in [1.807, 2.05) is 49.1 Å². The maximum atomic E-state index is 13.0. The van der Waals surface area contributed by atoms with E-state index in [-0.39, 0.29) is 12.0 Å². The molecule has 29 heavy (non-hydrogen) atoms. The number of hydrogen-bond donors (Lipinski definition) is 0. The van der Waals surface area contributed by atoms with Crippen LogP contribution in [0.2, 0.25) is 0 Å². The first kappa shape index (κ1) is 19.6. The Labute approximate surface area is 171 Å². The third-order valence-corrected chi connectivity index (χ3v) is 5.39. The van der Waals surface area contributed by atoms with Gasteiger partial charge in [-0.2, -0.15) is 4.98 Å². The first-order chi connectivity index (χ1) is 14.1. The molecule has 0 N–H and O–H groups in total. The summed E-state index contributed by atoms with van der Waals surface area (Å²) in [5, 5.41) is 0. The maximum Gasteiger partial charge on any atom is 0.253 e. The van der Waals surface area contributed by atoms with E-state index in [1.165, 1.54) is 0 Å². The molecule has 7 heteroatoms. The summed E-state index contributed by atoms with van der Waals surface area (Å²) in [5.74, 6) is 1.34. The van der Waals surface area contributed by atoms with Gasteiger partial charge in [-0.15, -0.1) is 0 Å².